The zero-order chi connectivity index (χ0) is 13.1. The minimum atomic E-state index is 0.469. The van der Waals surface area contributed by atoms with Gasteiger partial charge in [0.25, 0.3) is 0 Å². The summed E-state index contributed by atoms with van der Waals surface area (Å²) in [5, 5.41) is 10.8. The molecule has 1 saturated carbocycles. The molecule has 3 rings (SSSR count). The highest BCUT2D eigenvalue weighted by Crippen LogP contribution is 2.35. The lowest BCUT2D eigenvalue weighted by Gasteiger charge is -2.25. The highest BCUT2D eigenvalue weighted by atomic mass is 16.5. The molecule has 0 aromatic carbocycles. The fraction of sp³-hybridized carbons (Fsp3) is 0.692. The number of aromatic amines is 1. The first-order chi connectivity index (χ1) is 9.33. The standard InChI is InChI=1S/C13H19N5O/c1-9-4-2-3-5-10(9)13-16-12(19-18-13)7-6-11-14-8-15-17-11/h8-10H,2-7H2,1H3,(H,14,15,17). The Kier molecular flexibility index (Phi) is 3.57. The molecule has 0 amide bonds. The van der Waals surface area contributed by atoms with Crippen molar-refractivity contribution in [1.82, 2.24) is 25.3 Å². The van der Waals surface area contributed by atoms with Gasteiger partial charge in [0, 0.05) is 18.8 Å². The largest absolute Gasteiger partial charge is 0.339 e. The molecule has 1 fully saturated rings. The molecule has 0 aliphatic heterocycles. The van der Waals surface area contributed by atoms with Crippen molar-refractivity contribution in [2.45, 2.75) is 51.4 Å². The van der Waals surface area contributed by atoms with Gasteiger partial charge in [0.1, 0.15) is 12.2 Å². The maximum atomic E-state index is 5.34. The number of nitrogens with zero attached hydrogens (tertiary/aromatic N) is 4. The average Bonchev–Trinajstić information content (AvgIpc) is 3.08. The van der Waals surface area contributed by atoms with E-state index in [-0.39, 0.29) is 0 Å². The summed E-state index contributed by atoms with van der Waals surface area (Å²) in [4.78, 5) is 8.63. The first kappa shape index (κ1) is 12.3. The molecular formula is C13H19N5O. The summed E-state index contributed by atoms with van der Waals surface area (Å²) in [5.41, 5.74) is 0. The Morgan fingerprint density at radius 2 is 2.21 bits per heavy atom. The third-order valence-electron chi connectivity index (χ3n) is 3.97. The Hall–Kier alpha value is -1.72. The van der Waals surface area contributed by atoms with Gasteiger partial charge in [-0.05, 0) is 12.3 Å². The molecule has 2 aromatic rings. The quantitative estimate of drug-likeness (QED) is 0.913. The molecule has 6 heteroatoms. The van der Waals surface area contributed by atoms with Gasteiger partial charge in [-0.15, -0.1) is 0 Å². The van der Waals surface area contributed by atoms with Crippen LogP contribution in [0.25, 0.3) is 0 Å². The summed E-state index contributed by atoms with van der Waals surface area (Å²) in [6.45, 7) is 2.29. The van der Waals surface area contributed by atoms with Crippen LogP contribution in [0, 0.1) is 5.92 Å². The second kappa shape index (κ2) is 5.50. The summed E-state index contributed by atoms with van der Waals surface area (Å²) in [7, 11) is 0. The van der Waals surface area contributed by atoms with Gasteiger partial charge in [-0.3, -0.25) is 5.10 Å². The summed E-state index contributed by atoms with van der Waals surface area (Å²) < 4.78 is 5.34. The van der Waals surface area contributed by atoms with E-state index in [4.69, 9.17) is 4.52 Å². The van der Waals surface area contributed by atoms with E-state index in [1.54, 1.807) is 0 Å². The van der Waals surface area contributed by atoms with Crippen LogP contribution < -0.4 is 0 Å². The van der Waals surface area contributed by atoms with Gasteiger partial charge < -0.3 is 4.52 Å². The van der Waals surface area contributed by atoms with Crippen LogP contribution in [0.1, 0.15) is 56.1 Å². The van der Waals surface area contributed by atoms with Crippen LogP contribution >= 0.6 is 0 Å². The predicted molar refractivity (Wildman–Crippen MR) is 68.5 cm³/mol. The third kappa shape index (κ3) is 2.83. The van der Waals surface area contributed by atoms with E-state index in [1.807, 2.05) is 0 Å². The monoisotopic (exact) mass is 261 g/mol. The predicted octanol–water partition coefficient (Wildman–Crippen LogP) is 2.27. The molecule has 0 saturated heterocycles. The second-order valence-electron chi connectivity index (χ2n) is 5.35. The Morgan fingerprint density at radius 3 is 3.00 bits per heavy atom. The van der Waals surface area contributed by atoms with Gasteiger partial charge in [0.2, 0.25) is 5.89 Å². The SMILES string of the molecule is CC1CCCCC1c1noc(CCc2ncn[nH]2)n1. The lowest BCUT2D eigenvalue weighted by molar-refractivity contribution is 0.305. The zero-order valence-corrected chi connectivity index (χ0v) is 11.2. The number of hydrogen-bond acceptors (Lipinski definition) is 5. The van der Waals surface area contributed by atoms with Crippen molar-refractivity contribution < 1.29 is 4.52 Å². The highest BCUT2D eigenvalue weighted by Gasteiger charge is 2.27. The maximum Gasteiger partial charge on any atom is 0.227 e. The van der Waals surface area contributed by atoms with E-state index >= 15 is 0 Å². The molecule has 1 N–H and O–H groups in total. The van der Waals surface area contributed by atoms with Crippen molar-refractivity contribution in [3.05, 3.63) is 23.9 Å². The normalized spacial score (nSPS) is 23.6. The summed E-state index contributed by atoms with van der Waals surface area (Å²) in [6.07, 6.45) is 8.03. The highest BCUT2D eigenvalue weighted by molar-refractivity contribution is 5.00. The first-order valence-corrected chi connectivity index (χ1v) is 6.99. The fourth-order valence-corrected chi connectivity index (χ4v) is 2.80. The van der Waals surface area contributed by atoms with E-state index in [0.717, 1.165) is 18.1 Å². The number of H-pyrrole nitrogens is 1. The van der Waals surface area contributed by atoms with Gasteiger partial charge >= 0.3 is 0 Å². The summed E-state index contributed by atoms with van der Waals surface area (Å²) in [6, 6.07) is 0. The molecule has 2 heterocycles. The molecule has 1 aliphatic rings. The van der Waals surface area contributed by atoms with Gasteiger partial charge in [-0.2, -0.15) is 10.1 Å². The van der Waals surface area contributed by atoms with Gasteiger partial charge in [-0.1, -0.05) is 31.3 Å². The number of aryl methyl sites for hydroxylation is 2. The van der Waals surface area contributed by atoms with Crippen LogP contribution in [0.3, 0.4) is 0 Å². The Bertz CT molecular complexity index is 507. The van der Waals surface area contributed by atoms with E-state index in [0.29, 0.717) is 24.1 Å². The Morgan fingerprint density at radius 1 is 1.32 bits per heavy atom. The fourth-order valence-electron chi connectivity index (χ4n) is 2.80. The van der Waals surface area contributed by atoms with Crippen LogP contribution in [0.5, 0.6) is 0 Å². The van der Waals surface area contributed by atoms with Crippen LogP contribution in [0.2, 0.25) is 0 Å². The van der Waals surface area contributed by atoms with Gasteiger partial charge in [-0.25, -0.2) is 4.98 Å². The average molecular weight is 261 g/mol. The molecular weight excluding hydrogens is 242 g/mol. The van der Waals surface area contributed by atoms with Crippen molar-refractivity contribution >= 4 is 0 Å². The van der Waals surface area contributed by atoms with E-state index in [9.17, 15) is 0 Å². The van der Waals surface area contributed by atoms with Gasteiger partial charge in [0.15, 0.2) is 5.82 Å². The lowest BCUT2D eigenvalue weighted by atomic mass is 9.80. The lowest BCUT2D eigenvalue weighted by Crippen LogP contribution is -2.16. The van der Waals surface area contributed by atoms with Crippen molar-refractivity contribution in [2.24, 2.45) is 5.92 Å². The number of nitrogens with one attached hydrogen (secondary N) is 1. The molecule has 102 valence electrons. The van der Waals surface area contributed by atoms with Crippen LogP contribution in [-0.4, -0.2) is 25.3 Å². The van der Waals surface area contributed by atoms with Crippen molar-refractivity contribution in [2.75, 3.05) is 0 Å². The first-order valence-electron chi connectivity index (χ1n) is 6.99. The molecule has 0 bridgehead atoms. The van der Waals surface area contributed by atoms with E-state index in [1.165, 1.54) is 32.0 Å². The molecule has 0 radical (unpaired) electrons. The maximum absolute atomic E-state index is 5.34. The second-order valence-corrected chi connectivity index (χ2v) is 5.35. The van der Waals surface area contributed by atoms with Gasteiger partial charge in [0.05, 0.1) is 0 Å². The topological polar surface area (TPSA) is 80.5 Å². The molecule has 19 heavy (non-hydrogen) atoms. The molecule has 2 aromatic heterocycles. The minimum Gasteiger partial charge on any atom is -0.339 e. The smallest absolute Gasteiger partial charge is 0.227 e. The summed E-state index contributed by atoms with van der Waals surface area (Å²) in [5.74, 6) is 3.57. The molecule has 2 atom stereocenters. The summed E-state index contributed by atoms with van der Waals surface area (Å²) >= 11 is 0. The van der Waals surface area contributed by atoms with E-state index in [2.05, 4.69) is 32.2 Å². The van der Waals surface area contributed by atoms with Crippen LogP contribution in [0.15, 0.2) is 10.9 Å². The van der Waals surface area contributed by atoms with Crippen LogP contribution in [-0.2, 0) is 12.8 Å². The molecule has 2 unspecified atom stereocenters. The number of aromatic nitrogens is 5. The van der Waals surface area contributed by atoms with Crippen molar-refractivity contribution in [3.63, 3.8) is 0 Å². The molecule has 0 spiro atoms. The molecule has 6 nitrogen and oxygen atoms in total. The minimum absolute atomic E-state index is 0.469. The van der Waals surface area contributed by atoms with E-state index < -0.39 is 0 Å². The third-order valence-corrected chi connectivity index (χ3v) is 3.97. The Labute approximate surface area is 112 Å². The van der Waals surface area contributed by atoms with Crippen molar-refractivity contribution in [3.8, 4) is 0 Å². The van der Waals surface area contributed by atoms with Crippen molar-refractivity contribution in [1.29, 1.82) is 0 Å². The number of hydrogen-bond donors (Lipinski definition) is 1. The van der Waals surface area contributed by atoms with Crippen LogP contribution in [0.4, 0.5) is 0 Å². The zero-order valence-electron chi connectivity index (χ0n) is 11.2. The Balaban J connectivity index is 1.62. The molecule has 1 aliphatic carbocycles. The number of rotatable bonds is 4.